The molecule has 0 aliphatic carbocycles. The van der Waals surface area contributed by atoms with E-state index in [1.165, 1.54) is 0 Å². The van der Waals surface area contributed by atoms with Crippen molar-refractivity contribution in [2.24, 2.45) is 0 Å². The molecule has 0 spiro atoms. The third-order valence-corrected chi connectivity index (χ3v) is 3.36. The summed E-state index contributed by atoms with van der Waals surface area (Å²) in [6.07, 6.45) is 0.0109. The standard InChI is InChI=1S/C9H16N2O3S/c12-9(8-5-15-6-11-8)10-3-7-4-13-1-2-14-7/h7-8,11H,1-6H2,(H,10,12). The zero-order chi connectivity index (χ0) is 10.5. The van der Waals surface area contributed by atoms with Crippen LogP contribution in [0.4, 0.5) is 0 Å². The van der Waals surface area contributed by atoms with E-state index in [0.717, 1.165) is 11.6 Å². The highest BCUT2D eigenvalue weighted by atomic mass is 32.2. The molecule has 2 fully saturated rings. The molecule has 86 valence electrons. The van der Waals surface area contributed by atoms with Crippen molar-refractivity contribution in [2.75, 3.05) is 38.0 Å². The van der Waals surface area contributed by atoms with Crippen LogP contribution in [0.3, 0.4) is 0 Å². The predicted molar refractivity (Wildman–Crippen MR) is 57.8 cm³/mol. The third kappa shape index (κ3) is 3.34. The molecule has 2 saturated heterocycles. The van der Waals surface area contributed by atoms with Crippen molar-refractivity contribution >= 4 is 17.7 Å². The van der Waals surface area contributed by atoms with Crippen LogP contribution in [0.15, 0.2) is 0 Å². The Morgan fingerprint density at radius 1 is 1.53 bits per heavy atom. The van der Waals surface area contributed by atoms with Crippen LogP contribution in [-0.4, -0.2) is 56.0 Å². The summed E-state index contributed by atoms with van der Waals surface area (Å²) in [4.78, 5) is 11.6. The van der Waals surface area contributed by atoms with Gasteiger partial charge in [0, 0.05) is 18.2 Å². The van der Waals surface area contributed by atoms with Crippen LogP contribution in [0, 0.1) is 0 Å². The summed E-state index contributed by atoms with van der Waals surface area (Å²) in [6, 6.07) is -0.0421. The fraction of sp³-hybridized carbons (Fsp3) is 0.889. The Hall–Kier alpha value is -0.300. The second kappa shape index (κ2) is 5.69. The van der Waals surface area contributed by atoms with Crippen molar-refractivity contribution in [3.05, 3.63) is 0 Å². The summed E-state index contributed by atoms with van der Waals surface area (Å²) < 4.78 is 10.7. The highest BCUT2D eigenvalue weighted by Crippen LogP contribution is 2.09. The van der Waals surface area contributed by atoms with Crippen LogP contribution >= 0.6 is 11.8 Å². The van der Waals surface area contributed by atoms with Gasteiger partial charge in [0.1, 0.15) is 0 Å². The van der Waals surface area contributed by atoms with E-state index in [4.69, 9.17) is 9.47 Å². The van der Waals surface area contributed by atoms with Gasteiger partial charge in [0.05, 0.1) is 32.0 Å². The number of amides is 1. The number of carbonyl (C=O) groups excluding carboxylic acids is 1. The second-order valence-electron chi connectivity index (χ2n) is 3.58. The molecule has 0 aromatic carbocycles. The van der Waals surface area contributed by atoms with Crippen LogP contribution in [0.25, 0.3) is 0 Å². The fourth-order valence-electron chi connectivity index (χ4n) is 1.56. The maximum absolute atomic E-state index is 11.6. The Labute approximate surface area is 93.3 Å². The van der Waals surface area contributed by atoms with Gasteiger partial charge in [-0.15, -0.1) is 11.8 Å². The normalized spacial score (nSPS) is 31.5. The molecule has 2 aliphatic rings. The Morgan fingerprint density at radius 3 is 3.13 bits per heavy atom. The maximum atomic E-state index is 11.6. The zero-order valence-corrected chi connectivity index (χ0v) is 9.35. The largest absolute Gasteiger partial charge is 0.376 e. The SMILES string of the molecule is O=C(NCC1COCCO1)C1CSCN1. The lowest BCUT2D eigenvalue weighted by atomic mass is 10.3. The lowest BCUT2D eigenvalue weighted by Crippen LogP contribution is -2.46. The van der Waals surface area contributed by atoms with Gasteiger partial charge in [-0.05, 0) is 0 Å². The first-order valence-electron chi connectivity index (χ1n) is 5.14. The molecular formula is C9H16N2O3S. The minimum Gasteiger partial charge on any atom is -0.376 e. The summed E-state index contributed by atoms with van der Waals surface area (Å²) in [5.74, 6) is 1.78. The minimum absolute atomic E-state index is 0.0109. The monoisotopic (exact) mass is 232 g/mol. The number of rotatable bonds is 3. The van der Waals surface area contributed by atoms with E-state index in [2.05, 4.69) is 10.6 Å². The Morgan fingerprint density at radius 2 is 2.47 bits per heavy atom. The molecule has 0 saturated carbocycles. The molecule has 2 aliphatic heterocycles. The van der Waals surface area contributed by atoms with Gasteiger partial charge in [-0.25, -0.2) is 0 Å². The van der Waals surface area contributed by atoms with Crippen LogP contribution in [0.2, 0.25) is 0 Å². The van der Waals surface area contributed by atoms with Crippen molar-refractivity contribution < 1.29 is 14.3 Å². The van der Waals surface area contributed by atoms with Gasteiger partial charge < -0.3 is 14.8 Å². The van der Waals surface area contributed by atoms with Crippen molar-refractivity contribution in [3.63, 3.8) is 0 Å². The Bertz CT molecular complexity index is 215. The van der Waals surface area contributed by atoms with Crippen LogP contribution in [-0.2, 0) is 14.3 Å². The summed E-state index contributed by atoms with van der Waals surface area (Å²) in [7, 11) is 0. The van der Waals surface area contributed by atoms with Crippen LogP contribution < -0.4 is 10.6 Å². The Kier molecular flexibility index (Phi) is 4.25. The van der Waals surface area contributed by atoms with E-state index in [1.54, 1.807) is 11.8 Å². The number of ether oxygens (including phenoxy) is 2. The molecule has 2 heterocycles. The van der Waals surface area contributed by atoms with Gasteiger partial charge in [0.15, 0.2) is 0 Å². The molecule has 0 aromatic heterocycles. The maximum Gasteiger partial charge on any atom is 0.238 e. The average molecular weight is 232 g/mol. The summed E-state index contributed by atoms with van der Waals surface area (Å²) in [6.45, 7) is 2.40. The predicted octanol–water partition coefficient (Wildman–Crippen LogP) is -0.819. The first-order valence-corrected chi connectivity index (χ1v) is 6.30. The number of nitrogens with one attached hydrogen (secondary N) is 2. The first-order chi connectivity index (χ1) is 7.36. The molecule has 0 radical (unpaired) electrons. The van der Waals surface area contributed by atoms with E-state index in [9.17, 15) is 4.79 Å². The Balaban J connectivity index is 1.65. The molecule has 0 bridgehead atoms. The van der Waals surface area contributed by atoms with Crippen molar-refractivity contribution in [2.45, 2.75) is 12.1 Å². The quantitative estimate of drug-likeness (QED) is 0.666. The zero-order valence-electron chi connectivity index (χ0n) is 8.53. The minimum atomic E-state index is -0.0421. The molecule has 6 heteroatoms. The molecule has 5 nitrogen and oxygen atoms in total. The van der Waals surface area contributed by atoms with Crippen molar-refractivity contribution in [1.29, 1.82) is 0 Å². The van der Waals surface area contributed by atoms with Gasteiger partial charge in [-0.3, -0.25) is 10.1 Å². The lowest BCUT2D eigenvalue weighted by molar-refractivity contribution is -0.125. The van der Waals surface area contributed by atoms with Crippen molar-refractivity contribution in [3.8, 4) is 0 Å². The van der Waals surface area contributed by atoms with E-state index < -0.39 is 0 Å². The average Bonchev–Trinajstić information content (AvgIpc) is 2.81. The number of hydrogen-bond acceptors (Lipinski definition) is 5. The molecule has 0 aromatic rings. The summed E-state index contributed by atoms with van der Waals surface area (Å²) in [5.41, 5.74) is 0. The van der Waals surface area contributed by atoms with Gasteiger partial charge in [0.2, 0.25) is 5.91 Å². The van der Waals surface area contributed by atoms with E-state index in [0.29, 0.717) is 26.4 Å². The first kappa shape index (κ1) is 11.2. The smallest absolute Gasteiger partial charge is 0.238 e. The highest BCUT2D eigenvalue weighted by molar-refractivity contribution is 7.99. The number of carbonyl (C=O) groups is 1. The van der Waals surface area contributed by atoms with Crippen LogP contribution in [0.1, 0.15) is 0 Å². The second-order valence-corrected chi connectivity index (χ2v) is 4.61. The van der Waals surface area contributed by atoms with E-state index in [1.807, 2.05) is 0 Å². The molecule has 2 rings (SSSR count). The molecule has 2 atom stereocenters. The van der Waals surface area contributed by atoms with Gasteiger partial charge in [0.25, 0.3) is 0 Å². The van der Waals surface area contributed by atoms with E-state index in [-0.39, 0.29) is 18.1 Å². The molecular weight excluding hydrogens is 216 g/mol. The van der Waals surface area contributed by atoms with Crippen molar-refractivity contribution in [1.82, 2.24) is 10.6 Å². The molecule has 2 unspecified atom stereocenters. The topological polar surface area (TPSA) is 59.6 Å². The summed E-state index contributed by atoms with van der Waals surface area (Å²) in [5, 5.41) is 6.00. The highest BCUT2D eigenvalue weighted by Gasteiger charge is 2.23. The van der Waals surface area contributed by atoms with Gasteiger partial charge in [-0.1, -0.05) is 0 Å². The third-order valence-electron chi connectivity index (χ3n) is 2.42. The molecule has 15 heavy (non-hydrogen) atoms. The van der Waals surface area contributed by atoms with Crippen LogP contribution in [0.5, 0.6) is 0 Å². The van der Waals surface area contributed by atoms with Gasteiger partial charge >= 0.3 is 0 Å². The summed E-state index contributed by atoms with van der Waals surface area (Å²) >= 11 is 1.74. The molecule has 2 N–H and O–H groups in total. The lowest BCUT2D eigenvalue weighted by Gasteiger charge is -2.23. The number of hydrogen-bond donors (Lipinski definition) is 2. The van der Waals surface area contributed by atoms with Gasteiger partial charge in [-0.2, -0.15) is 0 Å². The number of thioether (sulfide) groups is 1. The van der Waals surface area contributed by atoms with E-state index >= 15 is 0 Å². The fourth-order valence-corrected chi connectivity index (χ4v) is 2.50. The molecule has 1 amide bonds.